The molecule has 1 aromatic rings. The number of methoxy groups -OCH3 is 2. The monoisotopic (exact) mass is 302 g/mol. The second kappa shape index (κ2) is 7.09. The van der Waals surface area contributed by atoms with Gasteiger partial charge in [-0.2, -0.15) is 0 Å². The van der Waals surface area contributed by atoms with Crippen LogP contribution in [0.4, 0.5) is 0 Å². The van der Waals surface area contributed by atoms with Crippen LogP contribution in [0.5, 0.6) is 5.75 Å². The number of ether oxygens (including phenoxy) is 4. The summed E-state index contributed by atoms with van der Waals surface area (Å²) in [4.78, 5) is 0. The molecule has 0 amide bonds. The fraction of sp³-hybridized carbons (Fsp3) is 0.444. The van der Waals surface area contributed by atoms with Gasteiger partial charge < -0.3 is 18.9 Å². The Morgan fingerprint density at radius 1 is 0.909 bits per heavy atom. The maximum atomic E-state index is 6.06. The van der Waals surface area contributed by atoms with Gasteiger partial charge in [-0.1, -0.05) is 12.1 Å². The van der Waals surface area contributed by atoms with E-state index in [2.05, 4.69) is 12.2 Å². The molecule has 1 aromatic carbocycles. The fourth-order valence-electron chi connectivity index (χ4n) is 2.73. The highest BCUT2D eigenvalue weighted by Gasteiger charge is 2.30. The second-order valence-corrected chi connectivity index (χ2v) is 5.55. The van der Waals surface area contributed by atoms with Crippen molar-refractivity contribution >= 4 is 0 Å². The number of hydrogen-bond acceptors (Lipinski definition) is 4. The summed E-state index contributed by atoms with van der Waals surface area (Å²) in [5.41, 5.74) is 3.91. The van der Waals surface area contributed by atoms with Crippen LogP contribution in [0.1, 0.15) is 18.4 Å². The molecular weight excluding hydrogens is 280 g/mol. The Kier molecular flexibility index (Phi) is 4.93. The summed E-state index contributed by atoms with van der Waals surface area (Å²) in [7, 11) is 3.30. The maximum absolute atomic E-state index is 6.06. The molecule has 2 aliphatic rings. The molecule has 2 aliphatic carbocycles. The summed E-state index contributed by atoms with van der Waals surface area (Å²) in [6.07, 6.45) is 6.53. The van der Waals surface area contributed by atoms with E-state index < -0.39 is 0 Å². The number of rotatable bonds is 7. The van der Waals surface area contributed by atoms with E-state index in [0.29, 0.717) is 6.61 Å². The van der Waals surface area contributed by atoms with Gasteiger partial charge in [-0.15, -0.1) is 0 Å². The second-order valence-electron chi connectivity index (χ2n) is 5.55. The summed E-state index contributed by atoms with van der Waals surface area (Å²) >= 11 is 0. The normalized spacial score (nSPS) is 23.2. The highest BCUT2D eigenvalue weighted by Crippen LogP contribution is 2.38. The van der Waals surface area contributed by atoms with Gasteiger partial charge in [-0.3, -0.25) is 0 Å². The lowest BCUT2D eigenvalue weighted by Gasteiger charge is -2.34. The van der Waals surface area contributed by atoms with Crippen LogP contribution in [0.3, 0.4) is 0 Å². The molecule has 118 valence electrons. The lowest BCUT2D eigenvalue weighted by Crippen LogP contribution is -2.34. The first-order valence-electron chi connectivity index (χ1n) is 7.57. The van der Waals surface area contributed by atoms with Gasteiger partial charge in [-0.25, -0.2) is 0 Å². The molecule has 0 spiro atoms. The van der Waals surface area contributed by atoms with Crippen molar-refractivity contribution < 1.29 is 18.9 Å². The predicted molar refractivity (Wildman–Crippen MR) is 83.7 cm³/mol. The molecular formula is C18H22O4. The van der Waals surface area contributed by atoms with Gasteiger partial charge in [0.25, 0.3) is 0 Å². The van der Waals surface area contributed by atoms with Crippen LogP contribution in [0.2, 0.25) is 0 Å². The molecule has 1 saturated carbocycles. The summed E-state index contributed by atoms with van der Waals surface area (Å²) in [5.74, 6) is 0.854. The zero-order chi connectivity index (χ0) is 15.4. The molecule has 0 heterocycles. The van der Waals surface area contributed by atoms with E-state index in [1.165, 1.54) is 11.1 Å². The highest BCUT2D eigenvalue weighted by atomic mass is 16.7. The van der Waals surface area contributed by atoms with Gasteiger partial charge in [0.2, 0.25) is 0 Å². The minimum Gasteiger partial charge on any atom is -0.497 e. The van der Waals surface area contributed by atoms with Gasteiger partial charge in [0.15, 0.2) is 0 Å². The molecule has 4 heteroatoms. The molecule has 0 aromatic heterocycles. The van der Waals surface area contributed by atoms with E-state index in [9.17, 15) is 0 Å². The average Bonchev–Trinajstić information content (AvgIpc) is 2.54. The maximum Gasteiger partial charge on any atom is 0.147 e. The molecule has 0 N–H and O–H groups in total. The lowest BCUT2D eigenvalue weighted by atomic mass is 9.79. The molecule has 0 saturated heterocycles. The molecule has 1 fully saturated rings. The summed E-state index contributed by atoms with van der Waals surface area (Å²) < 4.78 is 22.0. The van der Waals surface area contributed by atoms with Crippen LogP contribution < -0.4 is 4.74 Å². The topological polar surface area (TPSA) is 36.9 Å². The van der Waals surface area contributed by atoms with Crippen molar-refractivity contribution in [3.05, 3.63) is 53.1 Å². The van der Waals surface area contributed by atoms with Crippen molar-refractivity contribution in [1.29, 1.82) is 0 Å². The number of allylic oxidation sites excluding steroid dienone is 2. The smallest absolute Gasteiger partial charge is 0.147 e. The zero-order valence-corrected chi connectivity index (χ0v) is 13.1. The Morgan fingerprint density at radius 2 is 1.55 bits per heavy atom. The Hall–Kier alpha value is -1.62. The lowest BCUT2D eigenvalue weighted by molar-refractivity contribution is -0.102. The summed E-state index contributed by atoms with van der Waals surface area (Å²) in [5, 5.41) is 0. The largest absolute Gasteiger partial charge is 0.497 e. The van der Waals surface area contributed by atoms with Crippen LogP contribution in [0.25, 0.3) is 0 Å². The molecule has 3 rings (SSSR count). The van der Waals surface area contributed by atoms with E-state index in [0.717, 1.165) is 24.2 Å². The van der Waals surface area contributed by atoms with Crippen LogP contribution in [-0.2, 0) is 20.8 Å². The highest BCUT2D eigenvalue weighted by molar-refractivity contribution is 5.44. The van der Waals surface area contributed by atoms with Crippen LogP contribution in [0, 0.1) is 0 Å². The van der Waals surface area contributed by atoms with Crippen LogP contribution in [-0.4, -0.2) is 33.2 Å². The first-order chi connectivity index (χ1) is 10.8. The van der Waals surface area contributed by atoms with Crippen molar-refractivity contribution in [3.8, 4) is 5.75 Å². The van der Waals surface area contributed by atoms with Gasteiger partial charge in [0, 0.05) is 7.11 Å². The van der Waals surface area contributed by atoms with Gasteiger partial charge in [0.05, 0.1) is 13.7 Å². The molecule has 0 radical (unpaired) electrons. The molecule has 0 unspecified atom stereocenters. The van der Waals surface area contributed by atoms with E-state index in [1.807, 2.05) is 24.3 Å². The SMILES string of the molecule is COCO[C@H]1C=C2CCC2=C[C@@H]1OCc1ccc(OC)cc1. The first-order valence-corrected chi connectivity index (χ1v) is 7.57. The third kappa shape index (κ3) is 3.40. The Morgan fingerprint density at radius 3 is 2.09 bits per heavy atom. The van der Waals surface area contributed by atoms with Crippen molar-refractivity contribution in [2.24, 2.45) is 0 Å². The van der Waals surface area contributed by atoms with E-state index in [1.54, 1.807) is 14.2 Å². The number of hydrogen-bond donors (Lipinski definition) is 0. The molecule has 22 heavy (non-hydrogen) atoms. The summed E-state index contributed by atoms with van der Waals surface area (Å²) in [6.45, 7) is 0.828. The predicted octanol–water partition coefficient (Wildman–Crippen LogP) is 3.23. The van der Waals surface area contributed by atoms with E-state index in [4.69, 9.17) is 18.9 Å². The fourth-order valence-corrected chi connectivity index (χ4v) is 2.73. The Labute approximate surface area is 131 Å². The van der Waals surface area contributed by atoms with Gasteiger partial charge in [-0.05, 0) is 53.8 Å². The van der Waals surface area contributed by atoms with Gasteiger partial charge >= 0.3 is 0 Å². The van der Waals surface area contributed by atoms with Crippen molar-refractivity contribution in [3.63, 3.8) is 0 Å². The van der Waals surface area contributed by atoms with Crippen molar-refractivity contribution in [1.82, 2.24) is 0 Å². The molecule has 0 bridgehead atoms. The minimum absolute atomic E-state index is 0.0590. The molecule has 0 aliphatic heterocycles. The van der Waals surface area contributed by atoms with Crippen LogP contribution >= 0.6 is 0 Å². The standard InChI is InChI=1S/C18H22O4/c1-19-12-22-18-10-15-6-5-14(15)9-17(18)21-11-13-3-7-16(20-2)8-4-13/h3-4,7-10,17-18H,5-6,11-12H2,1-2H3/t17-,18-/m0/s1. The van der Waals surface area contributed by atoms with E-state index in [-0.39, 0.29) is 19.0 Å². The Bertz CT molecular complexity index is 559. The molecule has 2 atom stereocenters. The number of fused-ring (bicyclic) bond motifs is 1. The minimum atomic E-state index is -0.0720. The zero-order valence-electron chi connectivity index (χ0n) is 13.1. The van der Waals surface area contributed by atoms with Gasteiger partial charge in [0.1, 0.15) is 24.8 Å². The number of benzene rings is 1. The third-order valence-corrected chi connectivity index (χ3v) is 4.11. The van der Waals surface area contributed by atoms with Crippen molar-refractivity contribution in [2.45, 2.75) is 31.7 Å². The quantitative estimate of drug-likeness (QED) is 0.725. The van der Waals surface area contributed by atoms with Crippen molar-refractivity contribution in [2.75, 3.05) is 21.0 Å². The molecule has 4 nitrogen and oxygen atoms in total. The third-order valence-electron chi connectivity index (χ3n) is 4.11. The van der Waals surface area contributed by atoms with Crippen LogP contribution in [0.15, 0.2) is 47.6 Å². The average molecular weight is 302 g/mol. The van der Waals surface area contributed by atoms with E-state index >= 15 is 0 Å². The summed E-state index contributed by atoms with van der Waals surface area (Å²) in [6, 6.07) is 7.93. The first kappa shape index (κ1) is 15.3. The Balaban J connectivity index is 1.61.